The fourth-order valence-electron chi connectivity index (χ4n) is 3.89. The van der Waals surface area contributed by atoms with E-state index in [1.54, 1.807) is 25.3 Å². The maximum atomic E-state index is 13.4. The molecule has 4 rings (SSSR count). The van der Waals surface area contributed by atoms with Crippen LogP contribution in [0, 0.1) is 0 Å². The summed E-state index contributed by atoms with van der Waals surface area (Å²) in [5.74, 6) is 0.152. The predicted octanol–water partition coefficient (Wildman–Crippen LogP) is 5.87. The van der Waals surface area contributed by atoms with Gasteiger partial charge in [-0.1, -0.05) is 48.5 Å². The zero-order valence-electron chi connectivity index (χ0n) is 16.2. The Balaban J connectivity index is 1.98. The van der Waals surface area contributed by atoms with Crippen LogP contribution in [0.25, 0.3) is 10.9 Å². The molecule has 0 aliphatic rings. The molecule has 0 aliphatic carbocycles. The van der Waals surface area contributed by atoms with Gasteiger partial charge in [-0.2, -0.15) is 13.2 Å². The van der Waals surface area contributed by atoms with Crippen LogP contribution in [0.3, 0.4) is 0 Å². The van der Waals surface area contributed by atoms with E-state index in [2.05, 4.69) is 4.98 Å². The third-order valence-corrected chi connectivity index (χ3v) is 5.27. The Morgan fingerprint density at radius 1 is 0.933 bits per heavy atom. The Morgan fingerprint density at radius 2 is 1.67 bits per heavy atom. The Kier molecular flexibility index (Phi) is 5.26. The highest BCUT2D eigenvalue weighted by molar-refractivity contribution is 5.86. The quantitative estimate of drug-likeness (QED) is 0.432. The summed E-state index contributed by atoms with van der Waals surface area (Å²) in [6.07, 6.45) is -4.44. The average Bonchev–Trinajstić information content (AvgIpc) is 3.13. The van der Waals surface area contributed by atoms with Crippen molar-refractivity contribution in [2.75, 3.05) is 7.11 Å². The molecule has 3 nitrogen and oxygen atoms in total. The Bertz CT molecular complexity index is 1160. The summed E-state index contributed by atoms with van der Waals surface area (Å²) < 4.78 is 45.5. The molecule has 1 aromatic heterocycles. The fourth-order valence-corrected chi connectivity index (χ4v) is 3.89. The summed E-state index contributed by atoms with van der Waals surface area (Å²) in [4.78, 5) is 3.20. The maximum absolute atomic E-state index is 13.4. The maximum Gasteiger partial charge on any atom is 0.416 e. The van der Waals surface area contributed by atoms with Crippen LogP contribution in [0.5, 0.6) is 5.75 Å². The lowest BCUT2D eigenvalue weighted by atomic mass is 9.83. The normalized spacial score (nSPS) is 12.8. The van der Waals surface area contributed by atoms with E-state index < -0.39 is 17.7 Å². The summed E-state index contributed by atoms with van der Waals surface area (Å²) in [5.41, 5.74) is 2.75. The third kappa shape index (κ3) is 3.66. The van der Waals surface area contributed by atoms with E-state index in [1.807, 2.05) is 36.4 Å². The highest BCUT2D eigenvalue weighted by Crippen LogP contribution is 2.41. The van der Waals surface area contributed by atoms with E-state index >= 15 is 0 Å². The molecule has 154 valence electrons. The van der Waals surface area contributed by atoms with Crippen molar-refractivity contribution in [1.29, 1.82) is 0 Å². The molecule has 0 bridgehead atoms. The van der Waals surface area contributed by atoms with Crippen molar-refractivity contribution in [2.24, 2.45) is 0 Å². The molecule has 0 saturated heterocycles. The molecule has 2 N–H and O–H groups in total. The summed E-state index contributed by atoms with van der Waals surface area (Å²) in [6.45, 7) is -0.254. The largest absolute Gasteiger partial charge is 0.497 e. The number of methoxy groups -OCH3 is 1. The van der Waals surface area contributed by atoms with Crippen molar-refractivity contribution >= 4 is 10.9 Å². The van der Waals surface area contributed by atoms with E-state index in [0.717, 1.165) is 28.1 Å². The summed E-state index contributed by atoms with van der Waals surface area (Å²) in [6, 6.07) is 20.1. The minimum absolute atomic E-state index is 0.254. The first kappa shape index (κ1) is 20.0. The van der Waals surface area contributed by atoms with Crippen molar-refractivity contribution in [3.63, 3.8) is 0 Å². The van der Waals surface area contributed by atoms with Gasteiger partial charge in [0.2, 0.25) is 0 Å². The number of aliphatic hydroxyl groups is 1. The Hall–Kier alpha value is -3.25. The van der Waals surface area contributed by atoms with Gasteiger partial charge >= 0.3 is 6.18 Å². The lowest BCUT2D eigenvalue weighted by Crippen LogP contribution is -2.10. The van der Waals surface area contributed by atoms with Crippen LogP contribution in [0.2, 0.25) is 0 Å². The summed E-state index contributed by atoms with van der Waals surface area (Å²) in [5, 5.41) is 10.9. The van der Waals surface area contributed by atoms with Gasteiger partial charge in [-0.15, -0.1) is 0 Å². The van der Waals surface area contributed by atoms with Gasteiger partial charge in [0.1, 0.15) is 5.75 Å². The molecule has 1 atom stereocenters. The van der Waals surface area contributed by atoms with Crippen LogP contribution >= 0.6 is 0 Å². The lowest BCUT2D eigenvalue weighted by molar-refractivity contribution is -0.137. The molecule has 6 heteroatoms. The first-order valence-corrected chi connectivity index (χ1v) is 9.44. The molecule has 3 aromatic carbocycles. The Morgan fingerprint density at radius 3 is 2.33 bits per heavy atom. The molecule has 0 radical (unpaired) electrons. The van der Waals surface area contributed by atoms with Crippen LogP contribution < -0.4 is 4.74 Å². The topological polar surface area (TPSA) is 45.2 Å². The Labute approximate surface area is 171 Å². The molecule has 1 unspecified atom stereocenters. The number of para-hydroxylation sites is 1. The standard InChI is InChI=1S/C24H20F3NO2/c1-30-18-11-9-15(10-12-18)22(16-5-4-6-17(13-16)24(25,26)27)23-19-7-2-3-8-20(19)28-21(23)14-29/h2-13,22,28-29H,14H2,1H3. The molecular weight excluding hydrogens is 391 g/mol. The summed E-state index contributed by atoms with van der Waals surface area (Å²) in [7, 11) is 1.56. The molecule has 1 heterocycles. The van der Waals surface area contributed by atoms with Crippen molar-refractivity contribution in [2.45, 2.75) is 18.7 Å². The number of aromatic nitrogens is 1. The van der Waals surface area contributed by atoms with Crippen molar-refractivity contribution in [1.82, 2.24) is 4.98 Å². The number of hydrogen-bond acceptors (Lipinski definition) is 2. The second-order valence-electron chi connectivity index (χ2n) is 7.05. The van der Waals surface area contributed by atoms with E-state index in [-0.39, 0.29) is 6.61 Å². The number of ether oxygens (including phenoxy) is 1. The predicted molar refractivity (Wildman–Crippen MR) is 110 cm³/mol. The first-order valence-electron chi connectivity index (χ1n) is 9.44. The van der Waals surface area contributed by atoms with Crippen LogP contribution in [0.15, 0.2) is 72.8 Å². The fraction of sp³-hybridized carbons (Fsp3) is 0.167. The molecule has 0 saturated carbocycles. The van der Waals surface area contributed by atoms with Gasteiger partial charge in [0, 0.05) is 22.5 Å². The minimum Gasteiger partial charge on any atom is -0.497 e. The van der Waals surface area contributed by atoms with E-state index in [9.17, 15) is 18.3 Å². The summed E-state index contributed by atoms with van der Waals surface area (Å²) >= 11 is 0. The number of aromatic amines is 1. The SMILES string of the molecule is COc1ccc(C(c2cccc(C(F)(F)F)c2)c2c(CO)[nH]c3ccccc23)cc1. The second-order valence-corrected chi connectivity index (χ2v) is 7.05. The number of rotatable bonds is 5. The molecule has 0 spiro atoms. The van der Waals surface area contributed by atoms with Crippen molar-refractivity contribution in [3.05, 3.63) is 101 Å². The number of benzene rings is 3. The van der Waals surface area contributed by atoms with Gasteiger partial charge in [0.25, 0.3) is 0 Å². The number of halogens is 3. The van der Waals surface area contributed by atoms with Gasteiger partial charge in [0.15, 0.2) is 0 Å². The highest BCUT2D eigenvalue weighted by Gasteiger charge is 2.32. The zero-order chi connectivity index (χ0) is 21.3. The van der Waals surface area contributed by atoms with Gasteiger partial charge in [0.05, 0.1) is 19.3 Å². The molecular formula is C24H20F3NO2. The van der Waals surface area contributed by atoms with E-state index in [4.69, 9.17) is 4.74 Å². The number of hydrogen-bond donors (Lipinski definition) is 2. The van der Waals surface area contributed by atoms with Gasteiger partial charge in [-0.3, -0.25) is 0 Å². The van der Waals surface area contributed by atoms with Crippen molar-refractivity contribution in [3.8, 4) is 5.75 Å². The third-order valence-electron chi connectivity index (χ3n) is 5.27. The highest BCUT2D eigenvalue weighted by atomic mass is 19.4. The molecule has 0 fully saturated rings. The smallest absolute Gasteiger partial charge is 0.416 e. The number of nitrogens with one attached hydrogen (secondary N) is 1. The number of fused-ring (bicyclic) bond motifs is 1. The lowest BCUT2D eigenvalue weighted by Gasteiger charge is -2.21. The van der Waals surface area contributed by atoms with E-state index in [1.165, 1.54) is 12.1 Å². The molecule has 4 aromatic rings. The zero-order valence-corrected chi connectivity index (χ0v) is 16.2. The van der Waals surface area contributed by atoms with Gasteiger partial charge < -0.3 is 14.8 Å². The van der Waals surface area contributed by atoms with Gasteiger partial charge in [-0.25, -0.2) is 0 Å². The second kappa shape index (κ2) is 7.88. The number of aliphatic hydroxyl groups excluding tert-OH is 1. The molecule has 0 amide bonds. The van der Waals surface area contributed by atoms with Crippen molar-refractivity contribution < 1.29 is 23.0 Å². The van der Waals surface area contributed by atoms with Crippen LogP contribution in [-0.4, -0.2) is 17.2 Å². The average molecular weight is 411 g/mol. The molecule has 30 heavy (non-hydrogen) atoms. The first-order chi connectivity index (χ1) is 14.4. The van der Waals surface area contributed by atoms with Crippen LogP contribution in [0.4, 0.5) is 13.2 Å². The van der Waals surface area contributed by atoms with Gasteiger partial charge in [-0.05, 0) is 41.0 Å². The van der Waals surface area contributed by atoms with Crippen LogP contribution in [-0.2, 0) is 12.8 Å². The minimum atomic E-state index is -4.44. The van der Waals surface area contributed by atoms with E-state index in [0.29, 0.717) is 17.0 Å². The number of alkyl halides is 3. The monoisotopic (exact) mass is 411 g/mol. The molecule has 0 aliphatic heterocycles. The number of H-pyrrole nitrogens is 1. The van der Waals surface area contributed by atoms with Crippen LogP contribution in [0.1, 0.15) is 33.9 Å².